The van der Waals surface area contributed by atoms with Gasteiger partial charge in [0.25, 0.3) is 0 Å². The Bertz CT molecular complexity index is 893. The molecule has 0 aromatic carbocycles. The van der Waals surface area contributed by atoms with E-state index in [0.29, 0.717) is 19.3 Å². The molecule has 0 saturated carbocycles. The number of aliphatic hydroxyl groups excluding tert-OH is 2. The molecule has 0 aliphatic carbocycles. The van der Waals surface area contributed by atoms with Gasteiger partial charge in [-0.25, -0.2) is 0 Å². The first-order chi connectivity index (χ1) is 29.0. The quantitative estimate of drug-likeness (QED) is 0.0322. The predicted octanol–water partition coefficient (Wildman–Crippen LogP) is 15.7. The van der Waals surface area contributed by atoms with Gasteiger partial charge in [0.05, 0.1) is 25.2 Å². The van der Waals surface area contributed by atoms with Crippen LogP contribution in [0.15, 0.2) is 12.2 Å². The van der Waals surface area contributed by atoms with Crippen molar-refractivity contribution in [3.8, 4) is 0 Å². The van der Waals surface area contributed by atoms with Gasteiger partial charge in [0.2, 0.25) is 5.91 Å². The van der Waals surface area contributed by atoms with Crippen LogP contribution in [-0.2, 0) is 14.3 Å². The summed E-state index contributed by atoms with van der Waals surface area (Å²) in [4.78, 5) is 26.1. The van der Waals surface area contributed by atoms with Crippen molar-refractivity contribution in [2.24, 2.45) is 0 Å². The summed E-state index contributed by atoms with van der Waals surface area (Å²) in [6.45, 7) is 6.50. The molecular weight excluding hydrogens is 731 g/mol. The molecule has 0 fully saturated rings. The van der Waals surface area contributed by atoms with Crippen LogP contribution in [0, 0.1) is 0 Å². The number of hydrogen-bond donors (Lipinski definition) is 3. The molecule has 0 radical (unpaired) electrons. The van der Waals surface area contributed by atoms with E-state index in [-0.39, 0.29) is 24.9 Å². The average Bonchev–Trinajstić information content (AvgIpc) is 3.23. The molecular formula is C53H103NO5. The third-order valence-corrected chi connectivity index (χ3v) is 12.3. The maximum atomic E-state index is 13.2. The van der Waals surface area contributed by atoms with E-state index < -0.39 is 18.2 Å². The summed E-state index contributed by atoms with van der Waals surface area (Å²) in [6.07, 6.45) is 52.7. The van der Waals surface area contributed by atoms with Gasteiger partial charge in [-0.1, -0.05) is 238 Å². The van der Waals surface area contributed by atoms with Crippen LogP contribution in [0.3, 0.4) is 0 Å². The lowest BCUT2D eigenvalue weighted by molar-refractivity contribution is -0.151. The van der Waals surface area contributed by atoms with E-state index in [9.17, 15) is 19.8 Å². The molecule has 0 aromatic rings. The molecule has 0 rings (SSSR count). The molecule has 3 N–H and O–H groups in total. The first-order valence-corrected chi connectivity index (χ1v) is 26.4. The molecule has 6 heteroatoms. The largest absolute Gasteiger partial charge is 0.462 e. The Balaban J connectivity index is 4.55. The average molecular weight is 834 g/mol. The number of aliphatic hydroxyl groups is 2. The van der Waals surface area contributed by atoms with Crippen molar-refractivity contribution in [2.45, 2.75) is 309 Å². The SMILES string of the molecule is CCCCCCCC/C=C\CCCCCC(=O)OC(CCCCCCCCCCCCCCCC)CC(=O)NC(CO)C(O)CCCCCCCCCCCCCCC. The van der Waals surface area contributed by atoms with Gasteiger partial charge in [-0.3, -0.25) is 9.59 Å². The standard InChI is InChI=1S/C53H103NO5/c1-4-7-10-13-16-19-22-25-28-29-32-35-38-41-44-49(59-53(58)46-43-40-37-34-31-27-24-21-18-15-12-9-6-3)47-52(57)54-50(48-55)51(56)45-42-39-36-33-30-26-23-20-17-14-11-8-5-2/h27,31,49-51,55-56H,4-26,28-30,32-48H2,1-3H3,(H,54,57)/b31-27-. The smallest absolute Gasteiger partial charge is 0.306 e. The number of hydrogen-bond acceptors (Lipinski definition) is 5. The highest BCUT2D eigenvalue weighted by Crippen LogP contribution is 2.18. The second-order valence-electron chi connectivity index (χ2n) is 18.3. The molecule has 59 heavy (non-hydrogen) atoms. The van der Waals surface area contributed by atoms with Gasteiger partial charge in [-0.05, 0) is 51.4 Å². The van der Waals surface area contributed by atoms with Gasteiger partial charge in [0.1, 0.15) is 6.10 Å². The van der Waals surface area contributed by atoms with E-state index in [4.69, 9.17) is 4.74 Å². The van der Waals surface area contributed by atoms with Crippen molar-refractivity contribution >= 4 is 11.9 Å². The number of nitrogens with one attached hydrogen (secondary N) is 1. The van der Waals surface area contributed by atoms with Crippen LogP contribution in [0.4, 0.5) is 0 Å². The summed E-state index contributed by atoms with van der Waals surface area (Å²) in [5.41, 5.74) is 0. The zero-order valence-electron chi connectivity index (χ0n) is 39.9. The molecule has 0 bridgehead atoms. The topological polar surface area (TPSA) is 95.9 Å². The summed E-state index contributed by atoms with van der Waals surface area (Å²) in [7, 11) is 0. The zero-order chi connectivity index (χ0) is 43.1. The van der Waals surface area contributed by atoms with Crippen molar-refractivity contribution in [3.63, 3.8) is 0 Å². The Kier molecular flexibility index (Phi) is 46.5. The minimum atomic E-state index is -0.783. The molecule has 350 valence electrons. The molecule has 0 heterocycles. The number of carbonyl (C=O) groups excluding carboxylic acids is 2. The lowest BCUT2D eigenvalue weighted by Gasteiger charge is -2.24. The van der Waals surface area contributed by atoms with Crippen molar-refractivity contribution < 1.29 is 24.5 Å². The highest BCUT2D eigenvalue weighted by Gasteiger charge is 2.24. The lowest BCUT2D eigenvalue weighted by atomic mass is 10.0. The van der Waals surface area contributed by atoms with Gasteiger partial charge >= 0.3 is 5.97 Å². The van der Waals surface area contributed by atoms with Crippen LogP contribution >= 0.6 is 0 Å². The van der Waals surface area contributed by atoms with Gasteiger partial charge in [0.15, 0.2) is 0 Å². The van der Waals surface area contributed by atoms with Crippen LogP contribution in [-0.4, -0.2) is 46.9 Å². The lowest BCUT2D eigenvalue weighted by Crippen LogP contribution is -2.46. The first-order valence-electron chi connectivity index (χ1n) is 26.4. The van der Waals surface area contributed by atoms with Crippen LogP contribution in [0.2, 0.25) is 0 Å². The van der Waals surface area contributed by atoms with Gasteiger partial charge in [0, 0.05) is 6.42 Å². The van der Waals surface area contributed by atoms with Gasteiger partial charge < -0.3 is 20.3 Å². The van der Waals surface area contributed by atoms with Crippen LogP contribution in [0.5, 0.6) is 0 Å². The highest BCUT2D eigenvalue weighted by molar-refractivity contribution is 5.77. The Morgan fingerprint density at radius 2 is 0.814 bits per heavy atom. The summed E-state index contributed by atoms with van der Waals surface area (Å²) >= 11 is 0. The fourth-order valence-electron chi connectivity index (χ4n) is 8.31. The fourth-order valence-corrected chi connectivity index (χ4v) is 8.31. The Hall–Kier alpha value is -1.40. The molecule has 0 aliphatic rings. The highest BCUT2D eigenvalue weighted by atomic mass is 16.5. The van der Waals surface area contributed by atoms with E-state index in [1.54, 1.807) is 0 Å². The van der Waals surface area contributed by atoms with Crippen LogP contribution in [0.1, 0.15) is 290 Å². The summed E-state index contributed by atoms with van der Waals surface area (Å²) in [6, 6.07) is -0.697. The van der Waals surface area contributed by atoms with Crippen LogP contribution < -0.4 is 5.32 Å². The van der Waals surface area contributed by atoms with Crippen molar-refractivity contribution in [3.05, 3.63) is 12.2 Å². The number of ether oxygens (including phenoxy) is 1. The molecule has 0 aromatic heterocycles. The summed E-state index contributed by atoms with van der Waals surface area (Å²) in [5.74, 6) is -0.475. The third-order valence-electron chi connectivity index (χ3n) is 12.3. The van der Waals surface area contributed by atoms with E-state index in [0.717, 1.165) is 51.4 Å². The second kappa shape index (κ2) is 47.6. The third kappa shape index (κ3) is 43.1. The number of carbonyl (C=O) groups is 2. The number of rotatable bonds is 48. The van der Waals surface area contributed by atoms with Gasteiger partial charge in [-0.2, -0.15) is 0 Å². The molecule has 6 nitrogen and oxygen atoms in total. The second-order valence-corrected chi connectivity index (χ2v) is 18.3. The molecule has 1 amide bonds. The molecule has 0 spiro atoms. The number of amides is 1. The van der Waals surface area contributed by atoms with Gasteiger partial charge in [-0.15, -0.1) is 0 Å². The van der Waals surface area contributed by atoms with E-state index in [2.05, 4.69) is 38.2 Å². The summed E-state index contributed by atoms with van der Waals surface area (Å²) in [5, 5.41) is 23.8. The minimum absolute atomic E-state index is 0.0789. The minimum Gasteiger partial charge on any atom is -0.462 e. The molecule has 3 unspecified atom stereocenters. The number of esters is 1. The zero-order valence-corrected chi connectivity index (χ0v) is 39.9. The van der Waals surface area contributed by atoms with E-state index >= 15 is 0 Å². The molecule has 3 atom stereocenters. The normalized spacial score (nSPS) is 13.2. The molecule has 0 aliphatic heterocycles. The number of unbranched alkanes of at least 4 members (excludes halogenated alkanes) is 34. The van der Waals surface area contributed by atoms with Crippen molar-refractivity contribution in [1.29, 1.82) is 0 Å². The maximum Gasteiger partial charge on any atom is 0.306 e. The predicted molar refractivity (Wildman–Crippen MR) is 255 cm³/mol. The molecule has 0 saturated heterocycles. The van der Waals surface area contributed by atoms with E-state index in [1.807, 2.05) is 0 Å². The number of allylic oxidation sites excluding steroid dienone is 2. The Labute approximate surface area is 368 Å². The van der Waals surface area contributed by atoms with Crippen LogP contribution in [0.25, 0.3) is 0 Å². The van der Waals surface area contributed by atoms with Crippen molar-refractivity contribution in [2.75, 3.05) is 6.61 Å². The van der Waals surface area contributed by atoms with Crippen molar-refractivity contribution in [1.82, 2.24) is 5.32 Å². The summed E-state index contributed by atoms with van der Waals surface area (Å²) < 4.78 is 5.93. The Morgan fingerprint density at radius 3 is 1.20 bits per heavy atom. The maximum absolute atomic E-state index is 13.2. The van der Waals surface area contributed by atoms with E-state index in [1.165, 1.54) is 193 Å². The monoisotopic (exact) mass is 834 g/mol. The Morgan fingerprint density at radius 1 is 0.475 bits per heavy atom. The fraction of sp³-hybridized carbons (Fsp3) is 0.925. The first kappa shape index (κ1) is 57.6.